The molecule has 0 radical (unpaired) electrons. The first-order chi connectivity index (χ1) is 28.0. The highest BCUT2D eigenvalue weighted by atomic mass is 16.5. The molecule has 5 aliphatic rings. The Morgan fingerprint density at radius 2 is 1.49 bits per heavy atom. The largest absolute Gasteiger partial charge is 0.461 e. The first kappa shape index (κ1) is 41.0. The normalized spacial score (nSPS) is 34.4. The van der Waals surface area contributed by atoms with Crippen LogP contribution in [0.4, 0.5) is 11.4 Å². The third-order valence-electron chi connectivity index (χ3n) is 16.9. The molecule has 3 aromatic rings. The molecule has 0 saturated heterocycles. The number of nitrogens with two attached hydrogens (primary N) is 1. The van der Waals surface area contributed by atoms with Gasteiger partial charge < -0.3 is 20.5 Å². The fraction of sp³-hybridized carbons (Fsp3) is 0.529. The van der Waals surface area contributed by atoms with Gasteiger partial charge in [-0.1, -0.05) is 94.8 Å². The van der Waals surface area contributed by atoms with E-state index in [9.17, 15) is 19.2 Å². The molecule has 3 aromatic carbocycles. The first-order valence-corrected chi connectivity index (χ1v) is 21.8. The van der Waals surface area contributed by atoms with Crippen molar-refractivity contribution < 1.29 is 28.7 Å². The number of amides is 1. The number of carbonyl (C=O) groups is 4. The van der Waals surface area contributed by atoms with E-state index in [0.29, 0.717) is 30.3 Å². The average Bonchev–Trinajstić information content (AvgIpc) is 3.21. The van der Waals surface area contributed by atoms with Gasteiger partial charge in [0.05, 0.1) is 22.0 Å². The number of nitrogens with one attached hydrogen (secondary N) is 1. The number of hydrogen-bond acceptors (Lipinski definition) is 7. The van der Waals surface area contributed by atoms with Crippen LogP contribution < -0.4 is 11.1 Å². The van der Waals surface area contributed by atoms with E-state index in [1.54, 1.807) is 48.5 Å². The average molecular weight is 799 g/mol. The molecule has 8 rings (SSSR count). The van der Waals surface area contributed by atoms with Crippen molar-refractivity contribution in [3.63, 3.8) is 0 Å². The monoisotopic (exact) mass is 798 g/mol. The molecular formula is C51H62N2O6. The van der Waals surface area contributed by atoms with Crippen molar-refractivity contribution in [2.24, 2.45) is 50.2 Å². The molecule has 0 heterocycles. The molecule has 0 spiro atoms. The smallest absolute Gasteiger partial charge is 0.338 e. The summed E-state index contributed by atoms with van der Waals surface area (Å²) >= 11 is 0. The van der Waals surface area contributed by atoms with Crippen molar-refractivity contribution in [3.8, 4) is 0 Å². The van der Waals surface area contributed by atoms with Gasteiger partial charge in [0.2, 0.25) is 0 Å². The number of rotatable bonds is 8. The lowest BCUT2D eigenvalue weighted by Crippen LogP contribution is -2.65. The Labute approximate surface area is 350 Å². The second-order valence-corrected chi connectivity index (χ2v) is 20.5. The molecule has 0 unspecified atom stereocenters. The van der Waals surface area contributed by atoms with Crippen LogP contribution in [-0.2, 0) is 25.7 Å². The molecule has 0 aliphatic heterocycles. The second-order valence-electron chi connectivity index (χ2n) is 20.5. The second kappa shape index (κ2) is 14.8. The highest BCUT2D eigenvalue weighted by molar-refractivity contribution is 6.11. The van der Waals surface area contributed by atoms with Gasteiger partial charge in [-0.15, -0.1) is 0 Å². The third kappa shape index (κ3) is 6.73. The number of ether oxygens (including phenoxy) is 2. The Bertz CT molecular complexity index is 2200. The zero-order valence-electron chi connectivity index (χ0n) is 35.8. The van der Waals surface area contributed by atoms with E-state index in [0.717, 1.165) is 63.4 Å². The van der Waals surface area contributed by atoms with Crippen molar-refractivity contribution in [2.45, 2.75) is 112 Å². The first-order valence-electron chi connectivity index (χ1n) is 21.8. The lowest BCUT2D eigenvalue weighted by molar-refractivity contribution is -0.196. The minimum Gasteiger partial charge on any atom is -0.461 e. The number of anilines is 2. The van der Waals surface area contributed by atoms with Gasteiger partial charge in [0.15, 0.2) is 0 Å². The van der Waals surface area contributed by atoms with Gasteiger partial charge in [0.1, 0.15) is 19.0 Å². The van der Waals surface area contributed by atoms with Crippen molar-refractivity contribution >= 4 is 35.0 Å². The SMILES string of the molecule is CC1(C)CC[C@]2(C(=O)OCc3ccccc3)CC[C@]3(C)C(=CC[C@@H]4[C@@]5(C)CCC(=O)[C@@](C)(COC(=O)c6ccccc6C(=O)Nc6cccc(N)c6)[C@@H]5CC[C@]43C)[C@@H]2C1. The standard InChI is InChI=1S/C51H62N2O6/c1-46(2)25-27-51(45(57)58-31-33-13-8-7-9-14-33)28-26-49(5)38(39(51)30-46)19-20-41-47(3)23-22-42(54)48(4,40(47)21-24-50(41,49)6)32-59-44(56)37-18-11-10-17-36(37)43(55)53-35-16-12-15-34(52)29-35/h7-19,29,39-41H,20-28,30-32,52H2,1-6H3,(H,53,55)/t39-,40+,41+,47-,48-,49+,50+,51-/m0/s1. The molecule has 8 heteroatoms. The fourth-order valence-corrected chi connectivity index (χ4v) is 13.2. The number of fused-ring (bicyclic) bond motifs is 7. The van der Waals surface area contributed by atoms with Gasteiger partial charge in [-0.3, -0.25) is 14.4 Å². The Balaban J connectivity index is 1.04. The van der Waals surface area contributed by atoms with Crippen LogP contribution in [0.3, 0.4) is 0 Å². The maximum absolute atomic E-state index is 14.4. The summed E-state index contributed by atoms with van der Waals surface area (Å²) in [6, 6.07) is 23.5. The molecule has 59 heavy (non-hydrogen) atoms. The van der Waals surface area contributed by atoms with Crippen LogP contribution in [0.15, 0.2) is 90.5 Å². The summed E-state index contributed by atoms with van der Waals surface area (Å²) in [5.74, 6) is -0.488. The van der Waals surface area contributed by atoms with Crippen LogP contribution in [0.5, 0.6) is 0 Å². The van der Waals surface area contributed by atoms with Gasteiger partial charge in [0, 0.05) is 17.8 Å². The van der Waals surface area contributed by atoms with Gasteiger partial charge in [0.25, 0.3) is 5.91 Å². The quantitative estimate of drug-likeness (QED) is 0.132. The lowest BCUT2D eigenvalue weighted by Gasteiger charge is -2.70. The van der Waals surface area contributed by atoms with Gasteiger partial charge >= 0.3 is 11.9 Å². The number of Topliss-reactive ketones (excluding diaryl/α,β-unsaturated/α-hetero) is 1. The van der Waals surface area contributed by atoms with Crippen LogP contribution in [0.2, 0.25) is 0 Å². The molecule has 1 amide bonds. The summed E-state index contributed by atoms with van der Waals surface area (Å²) in [6.45, 7) is 14.4. The van der Waals surface area contributed by atoms with E-state index in [4.69, 9.17) is 15.2 Å². The van der Waals surface area contributed by atoms with Crippen LogP contribution in [0.1, 0.15) is 132 Å². The maximum Gasteiger partial charge on any atom is 0.338 e. The summed E-state index contributed by atoms with van der Waals surface area (Å²) < 4.78 is 12.3. The third-order valence-corrected chi connectivity index (χ3v) is 16.9. The van der Waals surface area contributed by atoms with E-state index in [1.807, 2.05) is 37.3 Å². The molecular weight excluding hydrogens is 737 g/mol. The Hall–Kier alpha value is -4.72. The Morgan fingerprint density at radius 1 is 0.780 bits per heavy atom. The van der Waals surface area contributed by atoms with Crippen LogP contribution in [-0.4, -0.2) is 30.2 Å². The molecule has 5 aliphatic carbocycles. The Morgan fingerprint density at radius 3 is 2.24 bits per heavy atom. The zero-order chi connectivity index (χ0) is 42.0. The van der Waals surface area contributed by atoms with Crippen molar-refractivity contribution in [1.29, 1.82) is 0 Å². The highest BCUT2D eigenvalue weighted by Gasteiger charge is 2.70. The van der Waals surface area contributed by atoms with E-state index >= 15 is 0 Å². The Kier molecular flexibility index (Phi) is 10.3. The predicted octanol–water partition coefficient (Wildman–Crippen LogP) is 10.8. The van der Waals surface area contributed by atoms with E-state index < -0.39 is 22.7 Å². The number of nitrogen functional groups attached to an aromatic ring is 1. The number of benzene rings is 3. The molecule has 8 nitrogen and oxygen atoms in total. The minimum atomic E-state index is -0.870. The molecule has 3 N–H and O–H groups in total. The van der Waals surface area contributed by atoms with Crippen LogP contribution in [0.25, 0.3) is 0 Å². The number of carbonyl (C=O) groups excluding carboxylic acids is 4. The highest BCUT2D eigenvalue weighted by Crippen LogP contribution is 2.75. The fourth-order valence-electron chi connectivity index (χ4n) is 13.2. The molecule has 0 aromatic heterocycles. The molecule has 4 saturated carbocycles. The van der Waals surface area contributed by atoms with E-state index in [1.165, 1.54) is 5.57 Å². The lowest BCUT2D eigenvalue weighted by atomic mass is 9.33. The van der Waals surface area contributed by atoms with E-state index in [2.05, 4.69) is 46.0 Å². The molecule has 4 fully saturated rings. The predicted molar refractivity (Wildman–Crippen MR) is 230 cm³/mol. The van der Waals surface area contributed by atoms with Gasteiger partial charge in [-0.2, -0.15) is 0 Å². The minimum absolute atomic E-state index is 0.0204. The molecule has 312 valence electrons. The number of esters is 2. The molecule has 0 bridgehead atoms. The zero-order valence-corrected chi connectivity index (χ0v) is 35.8. The van der Waals surface area contributed by atoms with Crippen LogP contribution >= 0.6 is 0 Å². The summed E-state index contributed by atoms with van der Waals surface area (Å²) in [7, 11) is 0. The topological polar surface area (TPSA) is 125 Å². The maximum atomic E-state index is 14.4. The summed E-state index contributed by atoms with van der Waals surface area (Å²) in [5.41, 5.74) is 8.20. The number of hydrogen-bond donors (Lipinski definition) is 2. The summed E-state index contributed by atoms with van der Waals surface area (Å²) in [6.07, 6.45) is 11.1. The summed E-state index contributed by atoms with van der Waals surface area (Å²) in [4.78, 5) is 55.8. The van der Waals surface area contributed by atoms with Gasteiger partial charge in [-0.05, 0) is 140 Å². The van der Waals surface area contributed by atoms with Crippen molar-refractivity contribution in [3.05, 3.63) is 107 Å². The van der Waals surface area contributed by atoms with Gasteiger partial charge in [-0.25, -0.2) is 4.79 Å². The van der Waals surface area contributed by atoms with Crippen molar-refractivity contribution in [1.82, 2.24) is 0 Å². The van der Waals surface area contributed by atoms with Crippen LogP contribution in [0, 0.1) is 50.2 Å². The van der Waals surface area contributed by atoms with E-state index in [-0.39, 0.29) is 63.0 Å². The number of allylic oxidation sites excluding steroid dienone is 2. The number of ketones is 1. The molecule has 8 atom stereocenters. The van der Waals surface area contributed by atoms with Crippen molar-refractivity contribution in [2.75, 3.05) is 17.7 Å². The summed E-state index contributed by atoms with van der Waals surface area (Å²) in [5, 5.41) is 2.84.